The molecule has 0 aliphatic rings. The van der Waals surface area contributed by atoms with Gasteiger partial charge in [0.25, 0.3) is 5.56 Å². The molecule has 0 atom stereocenters. The minimum atomic E-state index is -0.530. The lowest BCUT2D eigenvalue weighted by atomic mass is 10.3. The zero-order valence-corrected chi connectivity index (χ0v) is 10.2. The quantitative estimate of drug-likeness (QED) is 0.773. The fourth-order valence-electron chi connectivity index (χ4n) is 1.62. The number of ether oxygens (including phenoxy) is 1. The van der Waals surface area contributed by atoms with E-state index < -0.39 is 5.97 Å². The van der Waals surface area contributed by atoms with Crippen molar-refractivity contribution in [2.24, 2.45) is 0 Å². The van der Waals surface area contributed by atoms with Gasteiger partial charge in [-0.3, -0.25) is 4.79 Å². The van der Waals surface area contributed by atoms with Crippen LogP contribution in [-0.4, -0.2) is 17.6 Å². The van der Waals surface area contributed by atoms with Gasteiger partial charge in [-0.25, -0.2) is 4.79 Å². The average Bonchev–Trinajstić information content (AvgIpc) is 2.81. The maximum absolute atomic E-state index is 11.6. The molecule has 0 amide bonds. The molecular weight excluding hydrogens is 234 g/mol. The molecule has 2 aromatic rings. The van der Waals surface area contributed by atoms with Crippen molar-refractivity contribution in [2.45, 2.75) is 13.5 Å². The van der Waals surface area contributed by atoms with Crippen molar-refractivity contribution in [2.75, 3.05) is 7.11 Å². The number of nitrogens with zero attached hydrogens (tertiary/aromatic N) is 1. The van der Waals surface area contributed by atoms with Crippen LogP contribution >= 0.6 is 0 Å². The van der Waals surface area contributed by atoms with Crippen LogP contribution in [0.3, 0.4) is 0 Å². The first-order valence-corrected chi connectivity index (χ1v) is 5.44. The molecule has 0 aromatic carbocycles. The van der Waals surface area contributed by atoms with E-state index in [0.29, 0.717) is 5.76 Å². The van der Waals surface area contributed by atoms with Crippen LogP contribution in [0.2, 0.25) is 0 Å². The van der Waals surface area contributed by atoms with Crippen molar-refractivity contribution in [3.63, 3.8) is 0 Å². The molecule has 2 aromatic heterocycles. The summed E-state index contributed by atoms with van der Waals surface area (Å²) in [7, 11) is 1.29. The minimum Gasteiger partial charge on any atom is -0.463 e. The number of pyridine rings is 1. The molecule has 0 bridgehead atoms. The number of aromatic nitrogens is 1. The molecule has 0 saturated heterocycles. The van der Waals surface area contributed by atoms with Gasteiger partial charge in [-0.15, -0.1) is 0 Å². The minimum absolute atomic E-state index is 0.114. The van der Waals surface area contributed by atoms with Crippen LogP contribution in [0.25, 0.3) is 0 Å². The Bertz CT molecular complexity index is 624. The lowest BCUT2D eigenvalue weighted by Gasteiger charge is -2.03. The summed E-state index contributed by atoms with van der Waals surface area (Å²) in [6, 6.07) is 6.43. The second-order valence-corrected chi connectivity index (χ2v) is 3.93. The number of methoxy groups -OCH3 is 1. The Balaban J connectivity index is 2.24. The molecule has 0 radical (unpaired) electrons. The van der Waals surface area contributed by atoms with Crippen LogP contribution in [0.1, 0.15) is 21.9 Å². The van der Waals surface area contributed by atoms with Crippen molar-refractivity contribution in [1.82, 2.24) is 4.57 Å². The average molecular weight is 247 g/mol. The highest BCUT2D eigenvalue weighted by Crippen LogP contribution is 2.10. The molecule has 0 aliphatic carbocycles. The summed E-state index contributed by atoms with van der Waals surface area (Å²) >= 11 is 0. The molecule has 0 saturated carbocycles. The van der Waals surface area contributed by atoms with Gasteiger partial charge in [0.2, 0.25) is 5.76 Å². The first kappa shape index (κ1) is 12.2. The van der Waals surface area contributed by atoms with Crippen molar-refractivity contribution < 1.29 is 13.9 Å². The Hall–Kier alpha value is -2.30. The number of aryl methyl sites for hydroxylation is 1. The maximum atomic E-state index is 11.6. The van der Waals surface area contributed by atoms with Crippen LogP contribution < -0.4 is 5.56 Å². The number of furan rings is 1. The van der Waals surface area contributed by atoms with Crippen molar-refractivity contribution in [1.29, 1.82) is 0 Å². The van der Waals surface area contributed by atoms with Gasteiger partial charge >= 0.3 is 5.97 Å². The molecule has 2 rings (SSSR count). The molecule has 0 N–H and O–H groups in total. The second kappa shape index (κ2) is 4.91. The lowest BCUT2D eigenvalue weighted by Crippen LogP contribution is -2.18. The fourth-order valence-corrected chi connectivity index (χ4v) is 1.62. The molecule has 2 heterocycles. The first-order valence-electron chi connectivity index (χ1n) is 5.44. The standard InChI is InChI=1S/C13H13NO4/c1-9-3-6-12(15)14(7-9)8-10-4-5-11(18-10)13(16)17-2/h3-7H,8H2,1-2H3. The van der Waals surface area contributed by atoms with E-state index in [2.05, 4.69) is 4.74 Å². The molecule has 5 nitrogen and oxygen atoms in total. The highest BCUT2D eigenvalue weighted by Gasteiger charge is 2.11. The van der Waals surface area contributed by atoms with Gasteiger partial charge in [0, 0.05) is 12.3 Å². The SMILES string of the molecule is COC(=O)c1ccc(Cn2cc(C)ccc2=O)o1. The third-order valence-corrected chi connectivity index (χ3v) is 2.51. The third-order valence-electron chi connectivity index (χ3n) is 2.51. The van der Waals surface area contributed by atoms with Gasteiger partial charge < -0.3 is 13.7 Å². The summed E-state index contributed by atoms with van der Waals surface area (Å²) in [6.07, 6.45) is 1.74. The number of hydrogen-bond acceptors (Lipinski definition) is 4. The van der Waals surface area contributed by atoms with Gasteiger partial charge in [-0.2, -0.15) is 0 Å². The predicted octanol–water partition coefficient (Wildman–Crippen LogP) is 1.58. The number of hydrogen-bond donors (Lipinski definition) is 0. The van der Waals surface area contributed by atoms with E-state index in [0.717, 1.165) is 5.56 Å². The first-order chi connectivity index (χ1) is 8.60. The van der Waals surface area contributed by atoms with E-state index in [1.165, 1.54) is 23.8 Å². The Morgan fingerprint density at radius 1 is 1.33 bits per heavy atom. The molecule has 0 spiro atoms. The zero-order chi connectivity index (χ0) is 13.1. The molecule has 0 fully saturated rings. The van der Waals surface area contributed by atoms with E-state index in [9.17, 15) is 9.59 Å². The summed E-state index contributed by atoms with van der Waals surface area (Å²) in [4.78, 5) is 22.8. The Morgan fingerprint density at radius 3 is 2.83 bits per heavy atom. The van der Waals surface area contributed by atoms with Gasteiger partial charge in [-0.1, -0.05) is 6.07 Å². The Labute approximate surface area is 104 Å². The number of rotatable bonds is 3. The fraction of sp³-hybridized carbons (Fsp3) is 0.231. The van der Waals surface area contributed by atoms with Crippen LogP contribution in [0.15, 0.2) is 39.7 Å². The molecule has 5 heteroatoms. The summed E-state index contributed by atoms with van der Waals surface area (Å²) < 4.78 is 11.4. The zero-order valence-electron chi connectivity index (χ0n) is 10.2. The smallest absolute Gasteiger partial charge is 0.373 e. The highest BCUT2D eigenvalue weighted by atomic mass is 16.5. The van der Waals surface area contributed by atoms with Gasteiger partial charge in [-0.05, 0) is 24.6 Å². The summed E-state index contributed by atoms with van der Waals surface area (Å²) in [6.45, 7) is 2.19. The van der Waals surface area contributed by atoms with Crippen molar-refractivity contribution in [3.05, 3.63) is 57.9 Å². The maximum Gasteiger partial charge on any atom is 0.373 e. The van der Waals surface area contributed by atoms with E-state index in [-0.39, 0.29) is 17.9 Å². The van der Waals surface area contributed by atoms with Crippen LogP contribution in [0, 0.1) is 6.92 Å². The van der Waals surface area contributed by atoms with E-state index in [4.69, 9.17) is 4.42 Å². The summed E-state index contributed by atoms with van der Waals surface area (Å²) in [5.41, 5.74) is 0.867. The topological polar surface area (TPSA) is 61.4 Å². The van der Waals surface area contributed by atoms with Crippen LogP contribution in [0.5, 0.6) is 0 Å². The van der Waals surface area contributed by atoms with Crippen molar-refractivity contribution >= 4 is 5.97 Å². The summed E-state index contributed by atoms with van der Waals surface area (Å²) in [5.74, 6) is 0.133. The second-order valence-electron chi connectivity index (χ2n) is 3.93. The van der Waals surface area contributed by atoms with Gasteiger partial charge in [0.1, 0.15) is 5.76 Å². The van der Waals surface area contributed by atoms with Crippen LogP contribution in [0.4, 0.5) is 0 Å². The Kier molecular flexibility index (Phi) is 3.32. The van der Waals surface area contributed by atoms with Gasteiger partial charge in [0.05, 0.1) is 13.7 Å². The molecule has 0 aliphatic heterocycles. The number of carbonyl (C=O) groups is 1. The molecular formula is C13H13NO4. The predicted molar refractivity (Wildman–Crippen MR) is 64.6 cm³/mol. The molecule has 18 heavy (non-hydrogen) atoms. The van der Waals surface area contributed by atoms with Crippen molar-refractivity contribution in [3.8, 4) is 0 Å². The molecule has 0 unspecified atom stereocenters. The Morgan fingerprint density at radius 2 is 2.11 bits per heavy atom. The van der Waals surface area contributed by atoms with Crippen LogP contribution in [-0.2, 0) is 11.3 Å². The normalized spacial score (nSPS) is 10.3. The largest absolute Gasteiger partial charge is 0.463 e. The van der Waals surface area contributed by atoms with E-state index >= 15 is 0 Å². The highest BCUT2D eigenvalue weighted by molar-refractivity contribution is 5.86. The van der Waals surface area contributed by atoms with E-state index in [1.807, 2.05) is 6.92 Å². The summed E-state index contributed by atoms with van der Waals surface area (Å²) in [5, 5.41) is 0. The number of carbonyl (C=O) groups excluding carboxylic acids is 1. The lowest BCUT2D eigenvalue weighted by molar-refractivity contribution is 0.0563. The van der Waals surface area contributed by atoms with Gasteiger partial charge in [0.15, 0.2) is 0 Å². The number of esters is 1. The molecule has 94 valence electrons. The third kappa shape index (κ3) is 2.51. The monoisotopic (exact) mass is 247 g/mol. The van der Waals surface area contributed by atoms with E-state index in [1.54, 1.807) is 18.3 Å².